The van der Waals surface area contributed by atoms with Crippen LogP contribution in [0.3, 0.4) is 0 Å². The van der Waals surface area contributed by atoms with Gasteiger partial charge in [-0.3, -0.25) is 4.72 Å². The van der Waals surface area contributed by atoms with Gasteiger partial charge in [0.1, 0.15) is 0 Å². The minimum atomic E-state index is 0.555. The standard InChI is InChI=1S/C9H10N2S/c10-7-4-8-11-12-9-5-2-1-3-6-9/h1-3,5-6,11H,4,8H2. The first-order valence-electron chi connectivity index (χ1n) is 3.75. The summed E-state index contributed by atoms with van der Waals surface area (Å²) in [5.41, 5.74) is 0. The van der Waals surface area contributed by atoms with Crippen molar-refractivity contribution in [2.75, 3.05) is 6.54 Å². The van der Waals surface area contributed by atoms with Crippen LogP contribution in [0.1, 0.15) is 6.42 Å². The summed E-state index contributed by atoms with van der Waals surface area (Å²) in [7, 11) is 0. The summed E-state index contributed by atoms with van der Waals surface area (Å²) in [6.45, 7) is 0.732. The Bertz CT molecular complexity index is 253. The van der Waals surface area contributed by atoms with E-state index in [1.165, 1.54) is 4.90 Å². The number of hydrogen-bond acceptors (Lipinski definition) is 3. The summed E-state index contributed by atoms with van der Waals surface area (Å²) in [6.07, 6.45) is 0.555. The molecule has 0 amide bonds. The molecule has 62 valence electrons. The summed E-state index contributed by atoms with van der Waals surface area (Å²) in [5, 5.41) is 8.26. The molecule has 3 heteroatoms. The molecule has 0 fully saturated rings. The van der Waals surface area contributed by atoms with Crippen LogP contribution < -0.4 is 4.72 Å². The fourth-order valence-electron chi connectivity index (χ4n) is 0.730. The fourth-order valence-corrected chi connectivity index (χ4v) is 1.39. The molecule has 0 radical (unpaired) electrons. The Kier molecular flexibility index (Phi) is 4.28. The predicted molar refractivity (Wildman–Crippen MR) is 50.5 cm³/mol. The van der Waals surface area contributed by atoms with E-state index in [-0.39, 0.29) is 0 Å². The largest absolute Gasteiger partial charge is 0.259 e. The molecule has 0 aliphatic rings. The van der Waals surface area contributed by atoms with Crippen molar-refractivity contribution < 1.29 is 0 Å². The second kappa shape index (κ2) is 5.64. The molecule has 0 atom stereocenters. The predicted octanol–water partition coefficient (Wildman–Crippen LogP) is 2.20. The van der Waals surface area contributed by atoms with Crippen LogP contribution in [0.4, 0.5) is 0 Å². The van der Waals surface area contributed by atoms with Crippen molar-refractivity contribution in [1.29, 1.82) is 5.26 Å². The highest BCUT2D eigenvalue weighted by Crippen LogP contribution is 2.12. The first-order valence-corrected chi connectivity index (χ1v) is 4.57. The van der Waals surface area contributed by atoms with Crippen LogP contribution in [0.5, 0.6) is 0 Å². The van der Waals surface area contributed by atoms with Gasteiger partial charge in [-0.05, 0) is 24.1 Å². The van der Waals surface area contributed by atoms with E-state index < -0.39 is 0 Å². The lowest BCUT2D eigenvalue weighted by Crippen LogP contribution is -2.03. The zero-order chi connectivity index (χ0) is 8.65. The van der Waals surface area contributed by atoms with Gasteiger partial charge in [0, 0.05) is 17.9 Å². The minimum absolute atomic E-state index is 0.555. The van der Waals surface area contributed by atoms with Crippen molar-refractivity contribution in [3.63, 3.8) is 0 Å². The Morgan fingerprint density at radius 3 is 2.75 bits per heavy atom. The summed E-state index contributed by atoms with van der Waals surface area (Å²) in [4.78, 5) is 1.18. The van der Waals surface area contributed by atoms with Crippen LogP contribution in [0.25, 0.3) is 0 Å². The van der Waals surface area contributed by atoms with Gasteiger partial charge >= 0.3 is 0 Å². The van der Waals surface area contributed by atoms with Crippen molar-refractivity contribution in [3.05, 3.63) is 30.3 Å². The maximum Gasteiger partial charge on any atom is 0.0635 e. The molecular formula is C9H10N2S. The second-order valence-corrected chi connectivity index (χ2v) is 3.18. The zero-order valence-electron chi connectivity index (χ0n) is 6.66. The normalized spacial score (nSPS) is 9.25. The molecule has 0 saturated heterocycles. The third-order valence-electron chi connectivity index (χ3n) is 1.27. The number of nitriles is 1. The van der Waals surface area contributed by atoms with Crippen molar-refractivity contribution in [2.24, 2.45) is 0 Å². The molecule has 0 bridgehead atoms. The first-order chi connectivity index (χ1) is 5.93. The molecule has 0 aliphatic carbocycles. The van der Waals surface area contributed by atoms with E-state index in [2.05, 4.69) is 10.8 Å². The second-order valence-electron chi connectivity index (χ2n) is 2.22. The number of benzene rings is 1. The lowest BCUT2D eigenvalue weighted by molar-refractivity contribution is 0.945. The van der Waals surface area contributed by atoms with E-state index in [0.29, 0.717) is 6.42 Å². The summed E-state index contributed by atoms with van der Waals surface area (Å²) >= 11 is 1.56. The Hall–Kier alpha value is -0.980. The SMILES string of the molecule is N#CCCNSc1ccccc1. The highest BCUT2D eigenvalue weighted by Gasteiger charge is 1.89. The van der Waals surface area contributed by atoms with Gasteiger partial charge in [0.15, 0.2) is 0 Å². The third-order valence-corrected chi connectivity index (χ3v) is 2.13. The summed E-state index contributed by atoms with van der Waals surface area (Å²) < 4.78 is 3.10. The van der Waals surface area contributed by atoms with Gasteiger partial charge in [-0.15, -0.1) is 0 Å². The van der Waals surface area contributed by atoms with Gasteiger partial charge in [0.2, 0.25) is 0 Å². The van der Waals surface area contributed by atoms with E-state index in [4.69, 9.17) is 5.26 Å². The third kappa shape index (κ3) is 3.42. The summed E-state index contributed by atoms with van der Waals surface area (Å²) in [5.74, 6) is 0. The molecule has 0 heterocycles. The van der Waals surface area contributed by atoms with Gasteiger partial charge in [-0.25, -0.2) is 0 Å². The molecular weight excluding hydrogens is 168 g/mol. The molecule has 0 aliphatic heterocycles. The van der Waals surface area contributed by atoms with E-state index in [9.17, 15) is 0 Å². The Morgan fingerprint density at radius 2 is 2.08 bits per heavy atom. The van der Waals surface area contributed by atoms with Gasteiger partial charge < -0.3 is 0 Å². The molecule has 0 saturated carbocycles. The molecule has 0 spiro atoms. The van der Waals surface area contributed by atoms with Crippen LogP contribution >= 0.6 is 11.9 Å². The fraction of sp³-hybridized carbons (Fsp3) is 0.222. The van der Waals surface area contributed by atoms with E-state index in [1.807, 2.05) is 30.3 Å². The molecule has 1 rings (SSSR count). The number of rotatable bonds is 4. The van der Waals surface area contributed by atoms with Crippen molar-refractivity contribution in [3.8, 4) is 6.07 Å². The Balaban J connectivity index is 2.21. The molecule has 0 aromatic heterocycles. The molecule has 12 heavy (non-hydrogen) atoms. The van der Waals surface area contributed by atoms with E-state index in [1.54, 1.807) is 11.9 Å². The van der Waals surface area contributed by atoms with E-state index in [0.717, 1.165) is 6.54 Å². The number of nitrogens with zero attached hydrogens (tertiary/aromatic N) is 1. The maximum absolute atomic E-state index is 8.26. The smallest absolute Gasteiger partial charge is 0.0635 e. The Labute approximate surface area is 76.7 Å². The van der Waals surface area contributed by atoms with Gasteiger partial charge in [-0.1, -0.05) is 18.2 Å². The number of nitrogens with one attached hydrogen (secondary N) is 1. The minimum Gasteiger partial charge on any atom is -0.259 e. The average molecular weight is 178 g/mol. The van der Waals surface area contributed by atoms with Gasteiger partial charge in [-0.2, -0.15) is 5.26 Å². The Morgan fingerprint density at radius 1 is 1.33 bits per heavy atom. The van der Waals surface area contributed by atoms with Crippen LogP contribution in [0.15, 0.2) is 35.2 Å². The average Bonchev–Trinajstić information content (AvgIpc) is 2.14. The molecule has 0 unspecified atom stereocenters. The molecule has 1 N–H and O–H groups in total. The number of hydrogen-bond donors (Lipinski definition) is 1. The van der Waals surface area contributed by atoms with Crippen LogP contribution in [-0.2, 0) is 0 Å². The van der Waals surface area contributed by atoms with Crippen molar-refractivity contribution in [1.82, 2.24) is 4.72 Å². The summed E-state index contributed by atoms with van der Waals surface area (Å²) in [6, 6.07) is 12.1. The van der Waals surface area contributed by atoms with Crippen LogP contribution in [0, 0.1) is 11.3 Å². The monoisotopic (exact) mass is 178 g/mol. The highest BCUT2D eigenvalue weighted by atomic mass is 32.2. The van der Waals surface area contributed by atoms with Gasteiger partial charge in [0.25, 0.3) is 0 Å². The van der Waals surface area contributed by atoms with Crippen molar-refractivity contribution in [2.45, 2.75) is 11.3 Å². The molecule has 2 nitrogen and oxygen atoms in total. The van der Waals surface area contributed by atoms with Crippen LogP contribution in [-0.4, -0.2) is 6.54 Å². The van der Waals surface area contributed by atoms with Gasteiger partial charge in [0.05, 0.1) is 6.07 Å². The lowest BCUT2D eigenvalue weighted by Gasteiger charge is -1.99. The first kappa shape index (κ1) is 9.11. The topological polar surface area (TPSA) is 35.8 Å². The molecule has 1 aromatic rings. The zero-order valence-corrected chi connectivity index (χ0v) is 7.47. The quantitative estimate of drug-likeness (QED) is 0.567. The highest BCUT2D eigenvalue weighted by molar-refractivity contribution is 7.97. The molecule has 1 aromatic carbocycles. The van der Waals surface area contributed by atoms with Crippen LogP contribution in [0.2, 0.25) is 0 Å². The maximum atomic E-state index is 8.26. The van der Waals surface area contributed by atoms with Crippen molar-refractivity contribution >= 4 is 11.9 Å². The lowest BCUT2D eigenvalue weighted by atomic mass is 10.4. The van der Waals surface area contributed by atoms with E-state index >= 15 is 0 Å².